The highest BCUT2D eigenvalue weighted by molar-refractivity contribution is 5.55. The molecule has 2 aromatic heterocycles. The molecular formula is C19H21N5O. The van der Waals surface area contributed by atoms with Crippen LogP contribution in [-0.4, -0.2) is 34.3 Å². The number of oxazole rings is 1. The molecule has 0 unspecified atom stereocenters. The minimum atomic E-state index is 0.392. The van der Waals surface area contributed by atoms with E-state index in [2.05, 4.69) is 25.4 Å². The molecular weight excluding hydrogens is 314 g/mol. The predicted octanol–water partition coefficient (Wildman–Crippen LogP) is 2.89. The molecule has 1 atom stereocenters. The lowest BCUT2D eigenvalue weighted by atomic mass is 10.1. The van der Waals surface area contributed by atoms with E-state index in [1.165, 1.54) is 0 Å². The van der Waals surface area contributed by atoms with Crippen LogP contribution in [0.2, 0.25) is 0 Å². The van der Waals surface area contributed by atoms with Crippen molar-refractivity contribution in [3.8, 4) is 11.3 Å². The highest BCUT2D eigenvalue weighted by Gasteiger charge is 2.21. The maximum absolute atomic E-state index is 5.86. The molecule has 3 heterocycles. The molecule has 0 saturated carbocycles. The first kappa shape index (κ1) is 15.8. The van der Waals surface area contributed by atoms with Crippen LogP contribution in [0, 0.1) is 0 Å². The van der Waals surface area contributed by atoms with Gasteiger partial charge in [0, 0.05) is 30.9 Å². The molecule has 1 N–H and O–H groups in total. The van der Waals surface area contributed by atoms with Crippen LogP contribution in [0.3, 0.4) is 0 Å². The molecule has 6 nitrogen and oxygen atoms in total. The Morgan fingerprint density at radius 2 is 2.08 bits per heavy atom. The van der Waals surface area contributed by atoms with Gasteiger partial charge in [-0.25, -0.2) is 4.98 Å². The van der Waals surface area contributed by atoms with Gasteiger partial charge in [0.25, 0.3) is 0 Å². The second kappa shape index (κ2) is 7.44. The number of hydrogen-bond donors (Lipinski definition) is 1. The van der Waals surface area contributed by atoms with Gasteiger partial charge in [0.05, 0.1) is 12.7 Å². The smallest absolute Gasteiger partial charge is 0.208 e. The summed E-state index contributed by atoms with van der Waals surface area (Å²) in [5.41, 5.74) is 1.05. The summed E-state index contributed by atoms with van der Waals surface area (Å²) < 4.78 is 5.86. The van der Waals surface area contributed by atoms with Crippen molar-refractivity contribution >= 4 is 5.82 Å². The van der Waals surface area contributed by atoms with Crippen molar-refractivity contribution in [2.75, 3.05) is 18.0 Å². The van der Waals surface area contributed by atoms with Gasteiger partial charge in [-0.3, -0.25) is 0 Å². The van der Waals surface area contributed by atoms with E-state index in [9.17, 15) is 0 Å². The molecule has 1 aromatic carbocycles. The van der Waals surface area contributed by atoms with E-state index in [1.807, 2.05) is 42.5 Å². The van der Waals surface area contributed by atoms with Crippen molar-refractivity contribution in [3.63, 3.8) is 0 Å². The third-order valence-electron chi connectivity index (χ3n) is 4.46. The van der Waals surface area contributed by atoms with Crippen molar-refractivity contribution < 1.29 is 4.42 Å². The first-order chi connectivity index (χ1) is 12.4. The molecule has 0 amide bonds. The average molecular weight is 335 g/mol. The Labute approximate surface area is 146 Å². The Morgan fingerprint density at radius 3 is 2.92 bits per heavy atom. The Balaban J connectivity index is 1.35. The normalized spacial score (nSPS) is 17.6. The van der Waals surface area contributed by atoms with E-state index in [-0.39, 0.29) is 0 Å². The molecule has 1 fully saturated rings. The number of nitrogens with zero attached hydrogens (tertiary/aromatic N) is 4. The zero-order chi connectivity index (χ0) is 16.9. The molecule has 0 bridgehead atoms. The van der Waals surface area contributed by atoms with Crippen LogP contribution >= 0.6 is 0 Å². The van der Waals surface area contributed by atoms with Crippen molar-refractivity contribution in [1.82, 2.24) is 20.5 Å². The van der Waals surface area contributed by atoms with Gasteiger partial charge >= 0.3 is 0 Å². The van der Waals surface area contributed by atoms with Gasteiger partial charge < -0.3 is 14.6 Å². The quantitative estimate of drug-likeness (QED) is 0.773. The van der Waals surface area contributed by atoms with Crippen LogP contribution < -0.4 is 10.2 Å². The topological polar surface area (TPSA) is 67.1 Å². The minimum absolute atomic E-state index is 0.392. The average Bonchev–Trinajstić information content (AvgIpc) is 3.17. The third kappa shape index (κ3) is 3.85. The summed E-state index contributed by atoms with van der Waals surface area (Å²) >= 11 is 0. The number of hydrogen-bond acceptors (Lipinski definition) is 6. The fourth-order valence-electron chi connectivity index (χ4n) is 3.17. The summed E-state index contributed by atoms with van der Waals surface area (Å²) in [6, 6.07) is 14.4. The molecule has 0 aliphatic carbocycles. The first-order valence-corrected chi connectivity index (χ1v) is 8.64. The molecule has 1 aliphatic rings. The number of anilines is 1. The van der Waals surface area contributed by atoms with Crippen LogP contribution in [0.1, 0.15) is 18.7 Å². The molecule has 128 valence electrons. The summed E-state index contributed by atoms with van der Waals surface area (Å²) in [7, 11) is 0. The molecule has 4 rings (SSSR count). The highest BCUT2D eigenvalue weighted by Crippen LogP contribution is 2.20. The lowest BCUT2D eigenvalue weighted by Gasteiger charge is -2.33. The standard InChI is InChI=1S/C19H21N5O/c1-2-6-15(7-3-1)17-12-21-19(25-17)13-20-16-8-5-11-24(14-16)18-9-4-10-22-23-18/h1-4,6-7,9-10,12,16,20H,5,8,11,13-14H2/t16-/m1/s1. The van der Waals surface area contributed by atoms with Crippen molar-refractivity contribution in [3.05, 3.63) is 60.7 Å². The second-order valence-corrected chi connectivity index (χ2v) is 6.23. The van der Waals surface area contributed by atoms with Gasteiger partial charge in [-0.05, 0) is 25.0 Å². The number of nitrogens with one attached hydrogen (secondary N) is 1. The van der Waals surface area contributed by atoms with E-state index in [0.717, 1.165) is 49.0 Å². The fourth-order valence-corrected chi connectivity index (χ4v) is 3.17. The number of benzene rings is 1. The lowest BCUT2D eigenvalue weighted by Crippen LogP contribution is -2.45. The summed E-state index contributed by atoms with van der Waals surface area (Å²) in [6.45, 7) is 2.57. The number of piperidine rings is 1. The largest absolute Gasteiger partial charge is 0.439 e. The molecule has 0 radical (unpaired) electrons. The summed E-state index contributed by atoms with van der Waals surface area (Å²) in [5.74, 6) is 2.47. The SMILES string of the molecule is c1ccc(-c2cnc(CN[C@@H]3CCCN(c4cccnn4)C3)o2)cc1. The predicted molar refractivity (Wildman–Crippen MR) is 96.0 cm³/mol. The number of rotatable bonds is 5. The minimum Gasteiger partial charge on any atom is -0.439 e. The highest BCUT2D eigenvalue weighted by atomic mass is 16.4. The van der Waals surface area contributed by atoms with E-state index in [4.69, 9.17) is 4.42 Å². The van der Waals surface area contributed by atoms with Crippen LogP contribution in [0.5, 0.6) is 0 Å². The molecule has 25 heavy (non-hydrogen) atoms. The van der Waals surface area contributed by atoms with E-state index < -0.39 is 0 Å². The summed E-state index contributed by atoms with van der Waals surface area (Å²) in [4.78, 5) is 6.67. The van der Waals surface area contributed by atoms with Gasteiger partial charge in [-0.1, -0.05) is 30.3 Å². The van der Waals surface area contributed by atoms with E-state index in [1.54, 1.807) is 12.4 Å². The van der Waals surface area contributed by atoms with Gasteiger partial charge in [-0.2, -0.15) is 5.10 Å². The van der Waals surface area contributed by atoms with Crippen LogP contribution in [0.15, 0.2) is 59.3 Å². The van der Waals surface area contributed by atoms with E-state index in [0.29, 0.717) is 12.6 Å². The third-order valence-corrected chi connectivity index (χ3v) is 4.46. The maximum Gasteiger partial charge on any atom is 0.208 e. The Morgan fingerprint density at radius 1 is 1.16 bits per heavy atom. The van der Waals surface area contributed by atoms with Crippen molar-refractivity contribution in [2.24, 2.45) is 0 Å². The first-order valence-electron chi connectivity index (χ1n) is 8.64. The number of aromatic nitrogens is 3. The maximum atomic E-state index is 5.86. The summed E-state index contributed by atoms with van der Waals surface area (Å²) in [5, 5.41) is 11.7. The molecule has 0 spiro atoms. The molecule has 1 saturated heterocycles. The van der Waals surface area contributed by atoms with Gasteiger partial charge in [-0.15, -0.1) is 5.10 Å². The van der Waals surface area contributed by atoms with Crippen molar-refractivity contribution in [2.45, 2.75) is 25.4 Å². The Hall–Kier alpha value is -2.73. The fraction of sp³-hybridized carbons (Fsp3) is 0.316. The molecule has 6 heteroatoms. The zero-order valence-corrected chi connectivity index (χ0v) is 14.0. The second-order valence-electron chi connectivity index (χ2n) is 6.23. The van der Waals surface area contributed by atoms with Gasteiger partial charge in [0.2, 0.25) is 5.89 Å². The summed E-state index contributed by atoms with van der Waals surface area (Å²) in [6.07, 6.45) is 5.77. The van der Waals surface area contributed by atoms with Crippen LogP contribution in [-0.2, 0) is 6.54 Å². The molecule has 3 aromatic rings. The lowest BCUT2D eigenvalue weighted by molar-refractivity contribution is 0.390. The van der Waals surface area contributed by atoms with Gasteiger partial charge in [0.15, 0.2) is 11.6 Å². The van der Waals surface area contributed by atoms with Gasteiger partial charge in [0.1, 0.15) is 0 Å². The van der Waals surface area contributed by atoms with Crippen LogP contribution in [0.25, 0.3) is 11.3 Å². The van der Waals surface area contributed by atoms with E-state index >= 15 is 0 Å². The monoisotopic (exact) mass is 335 g/mol. The van der Waals surface area contributed by atoms with Crippen LogP contribution in [0.4, 0.5) is 5.82 Å². The Bertz CT molecular complexity index is 790. The van der Waals surface area contributed by atoms with Crippen molar-refractivity contribution in [1.29, 1.82) is 0 Å². The zero-order valence-electron chi connectivity index (χ0n) is 14.0. The molecule has 1 aliphatic heterocycles. The Kier molecular flexibility index (Phi) is 4.70.